The summed E-state index contributed by atoms with van der Waals surface area (Å²) in [4.78, 5) is 8.36. The van der Waals surface area contributed by atoms with Gasteiger partial charge in [-0.1, -0.05) is 12.5 Å². The van der Waals surface area contributed by atoms with Crippen molar-refractivity contribution in [1.29, 1.82) is 0 Å². The maximum atomic E-state index is 12.8. The molecule has 3 aliphatic rings. The van der Waals surface area contributed by atoms with Gasteiger partial charge in [-0.05, 0) is 43.2 Å². The summed E-state index contributed by atoms with van der Waals surface area (Å²) in [5.74, 6) is 2.24. The summed E-state index contributed by atoms with van der Waals surface area (Å²) in [6.45, 7) is 3.40. The monoisotopic (exact) mass is 325 g/mol. The van der Waals surface area contributed by atoms with Gasteiger partial charge in [0.25, 0.3) is 0 Å². The number of aromatic nitrogens is 1. The first kappa shape index (κ1) is 15.2. The van der Waals surface area contributed by atoms with Crippen molar-refractivity contribution in [3.05, 3.63) is 23.9 Å². The molecule has 0 N–H and O–H groups in total. The Hall–Kier alpha value is -1.30. The Labute approximate surface area is 134 Å². The summed E-state index contributed by atoms with van der Waals surface area (Å²) in [7, 11) is 0. The molecule has 1 aromatic rings. The van der Waals surface area contributed by atoms with Gasteiger partial charge in [0.15, 0.2) is 0 Å². The van der Waals surface area contributed by atoms with Crippen molar-refractivity contribution in [2.24, 2.45) is 11.8 Å². The lowest BCUT2D eigenvalue weighted by atomic mass is 9.93. The van der Waals surface area contributed by atoms with Gasteiger partial charge in [-0.3, -0.25) is 4.90 Å². The molecule has 3 atom stereocenters. The smallest absolute Gasteiger partial charge is 0.354 e. The Kier molecular flexibility index (Phi) is 3.75. The molecule has 3 unspecified atom stereocenters. The summed E-state index contributed by atoms with van der Waals surface area (Å²) in [6, 6.07) is 4.88. The van der Waals surface area contributed by atoms with Crippen molar-refractivity contribution in [1.82, 2.24) is 9.88 Å². The minimum Gasteiger partial charge on any atom is -0.354 e. The Morgan fingerprint density at radius 1 is 1.00 bits per heavy atom. The molecule has 0 radical (unpaired) electrons. The highest BCUT2D eigenvalue weighted by Crippen LogP contribution is 2.46. The lowest BCUT2D eigenvalue weighted by Crippen LogP contribution is -2.52. The van der Waals surface area contributed by atoms with E-state index in [0.29, 0.717) is 11.9 Å². The minimum absolute atomic E-state index is 0.451. The second kappa shape index (κ2) is 5.65. The van der Waals surface area contributed by atoms with E-state index in [1.54, 1.807) is 6.07 Å². The van der Waals surface area contributed by atoms with E-state index in [1.165, 1.54) is 31.7 Å². The van der Waals surface area contributed by atoms with Crippen LogP contribution in [0.2, 0.25) is 0 Å². The summed E-state index contributed by atoms with van der Waals surface area (Å²) >= 11 is 0. The van der Waals surface area contributed by atoms with E-state index in [1.807, 2.05) is 4.90 Å². The standard InChI is InChI=1S/C17H22F3N3/c18-17(19,20)15-2-1-3-16(21-15)23-8-6-22(7-9-23)14-11-12-4-5-13(14)10-12/h1-3,12-14H,4-11H2. The predicted molar refractivity (Wildman–Crippen MR) is 82.3 cm³/mol. The number of hydrogen-bond donors (Lipinski definition) is 0. The minimum atomic E-state index is -4.37. The fourth-order valence-corrected chi connectivity index (χ4v) is 4.70. The second-order valence-corrected chi connectivity index (χ2v) is 7.14. The number of anilines is 1. The molecule has 2 heterocycles. The van der Waals surface area contributed by atoms with Gasteiger partial charge >= 0.3 is 6.18 Å². The van der Waals surface area contributed by atoms with Gasteiger partial charge < -0.3 is 4.90 Å². The summed E-state index contributed by atoms with van der Waals surface area (Å²) < 4.78 is 38.4. The normalized spacial score (nSPS) is 31.8. The Morgan fingerprint density at radius 2 is 1.78 bits per heavy atom. The summed E-state index contributed by atoms with van der Waals surface area (Å²) in [5, 5.41) is 0. The van der Waals surface area contributed by atoms with E-state index < -0.39 is 11.9 Å². The fraction of sp³-hybridized carbons (Fsp3) is 0.706. The van der Waals surface area contributed by atoms with Crippen LogP contribution in [0.15, 0.2) is 18.2 Å². The molecule has 23 heavy (non-hydrogen) atoms. The molecule has 6 heteroatoms. The van der Waals surface area contributed by atoms with Crippen molar-refractivity contribution < 1.29 is 13.2 Å². The van der Waals surface area contributed by atoms with Gasteiger partial charge in [-0.15, -0.1) is 0 Å². The van der Waals surface area contributed by atoms with Gasteiger partial charge in [0, 0.05) is 32.2 Å². The second-order valence-electron chi connectivity index (χ2n) is 7.14. The maximum absolute atomic E-state index is 12.8. The first-order chi connectivity index (χ1) is 11.0. The third-order valence-corrected chi connectivity index (χ3v) is 5.83. The van der Waals surface area contributed by atoms with Gasteiger partial charge in [0.1, 0.15) is 11.5 Å². The van der Waals surface area contributed by atoms with E-state index >= 15 is 0 Å². The number of pyridine rings is 1. The van der Waals surface area contributed by atoms with Crippen molar-refractivity contribution in [2.75, 3.05) is 31.1 Å². The van der Waals surface area contributed by atoms with Crippen molar-refractivity contribution in [3.63, 3.8) is 0 Å². The third kappa shape index (κ3) is 2.93. The molecule has 3 fully saturated rings. The quantitative estimate of drug-likeness (QED) is 0.831. The Balaban J connectivity index is 1.40. The zero-order valence-electron chi connectivity index (χ0n) is 13.1. The van der Waals surface area contributed by atoms with E-state index in [0.717, 1.165) is 44.1 Å². The van der Waals surface area contributed by atoms with Crippen LogP contribution >= 0.6 is 0 Å². The van der Waals surface area contributed by atoms with E-state index in [-0.39, 0.29) is 0 Å². The fourth-order valence-electron chi connectivity index (χ4n) is 4.70. The molecule has 1 saturated heterocycles. The first-order valence-corrected chi connectivity index (χ1v) is 8.54. The molecule has 0 spiro atoms. The third-order valence-electron chi connectivity index (χ3n) is 5.83. The molecule has 2 saturated carbocycles. The summed E-state index contributed by atoms with van der Waals surface area (Å²) in [5.41, 5.74) is -0.800. The molecule has 4 rings (SSSR count). The average Bonchev–Trinajstić information content (AvgIpc) is 3.17. The topological polar surface area (TPSA) is 19.4 Å². The van der Waals surface area contributed by atoms with Crippen molar-refractivity contribution in [3.8, 4) is 0 Å². The molecule has 2 bridgehead atoms. The molecule has 0 aromatic carbocycles. The van der Waals surface area contributed by atoms with Gasteiger partial charge in [-0.25, -0.2) is 4.98 Å². The summed E-state index contributed by atoms with van der Waals surface area (Å²) in [6.07, 6.45) is 1.10. The van der Waals surface area contributed by atoms with E-state index in [2.05, 4.69) is 9.88 Å². The van der Waals surface area contributed by atoms with Crippen LogP contribution in [0.25, 0.3) is 0 Å². The largest absolute Gasteiger partial charge is 0.433 e. The van der Waals surface area contributed by atoms with Crippen LogP contribution in [0.1, 0.15) is 31.4 Å². The number of halogens is 3. The maximum Gasteiger partial charge on any atom is 0.433 e. The number of hydrogen-bond acceptors (Lipinski definition) is 3. The highest BCUT2D eigenvalue weighted by atomic mass is 19.4. The lowest BCUT2D eigenvalue weighted by molar-refractivity contribution is -0.141. The van der Waals surface area contributed by atoms with Gasteiger partial charge in [0.05, 0.1) is 0 Å². The van der Waals surface area contributed by atoms with E-state index in [9.17, 15) is 13.2 Å². The SMILES string of the molecule is FC(F)(F)c1cccc(N2CCN(C3CC4CCC3C4)CC2)n1. The highest BCUT2D eigenvalue weighted by molar-refractivity contribution is 5.40. The van der Waals surface area contributed by atoms with Crippen molar-refractivity contribution in [2.45, 2.75) is 37.9 Å². The van der Waals surface area contributed by atoms with Gasteiger partial charge in [0.2, 0.25) is 0 Å². The molecular formula is C17H22F3N3. The van der Waals surface area contributed by atoms with Crippen molar-refractivity contribution >= 4 is 5.82 Å². The molecule has 2 aliphatic carbocycles. The first-order valence-electron chi connectivity index (χ1n) is 8.54. The van der Waals surface area contributed by atoms with Crippen LogP contribution in [0.3, 0.4) is 0 Å². The number of fused-ring (bicyclic) bond motifs is 2. The van der Waals surface area contributed by atoms with Crippen LogP contribution < -0.4 is 4.90 Å². The molecule has 1 aromatic heterocycles. The average molecular weight is 325 g/mol. The van der Waals surface area contributed by atoms with Gasteiger partial charge in [-0.2, -0.15) is 13.2 Å². The lowest BCUT2D eigenvalue weighted by Gasteiger charge is -2.41. The Morgan fingerprint density at radius 3 is 2.39 bits per heavy atom. The highest BCUT2D eigenvalue weighted by Gasteiger charge is 2.42. The molecule has 1 aliphatic heterocycles. The number of alkyl halides is 3. The molecule has 0 amide bonds. The zero-order chi connectivity index (χ0) is 16.0. The molecule has 126 valence electrons. The Bertz CT molecular complexity index is 566. The predicted octanol–water partition coefficient (Wildman–Crippen LogP) is 3.41. The number of nitrogens with zero attached hydrogens (tertiary/aromatic N) is 3. The number of piperazine rings is 1. The van der Waals surface area contributed by atoms with Crippen LogP contribution in [-0.2, 0) is 6.18 Å². The van der Waals surface area contributed by atoms with E-state index in [4.69, 9.17) is 0 Å². The zero-order valence-corrected chi connectivity index (χ0v) is 13.1. The van der Waals surface area contributed by atoms with Crippen LogP contribution in [0.5, 0.6) is 0 Å². The van der Waals surface area contributed by atoms with Crippen LogP contribution in [0, 0.1) is 11.8 Å². The van der Waals surface area contributed by atoms with Crippen LogP contribution in [0.4, 0.5) is 19.0 Å². The molecular weight excluding hydrogens is 303 g/mol. The molecule has 3 nitrogen and oxygen atoms in total. The van der Waals surface area contributed by atoms with Crippen LogP contribution in [-0.4, -0.2) is 42.1 Å². The number of rotatable bonds is 2.